The van der Waals surface area contributed by atoms with Crippen molar-refractivity contribution in [3.8, 4) is 0 Å². The van der Waals surface area contributed by atoms with Gasteiger partial charge in [0.1, 0.15) is 36.6 Å². The monoisotopic (exact) mass is 1030 g/mol. The van der Waals surface area contributed by atoms with E-state index in [-0.39, 0.29) is 102 Å². The van der Waals surface area contributed by atoms with Gasteiger partial charge in [0.05, 0.1) is 12.1 Å². The minimum atomic E-state index is -1.69. The minimum Gasteiger partial charge on any atom is -0.480 e. The number of fused-ring (bicyclic) bond motifs is 1. The van der Waals surface area contributed by atoms with Crippen molar-refractivity contribution in [2.45, 2.75) is 132 Å². The van der Waals surface area contributed by atoms with Crippen LogP contribution in [0, 0.1) is 10.8 Å². The number of aliphatic hydroxyl groups is 2. The molecule has 6 amide bonds. The van der Waals surface area contributed by atoms with Crippen LogP contribution in [0.3, 0.4) is 0 Å². The van der Waals surface area contributed by atoms with Crippen LogP contribution in [-0.2, 0) is 46.4 Å². The number of aromatic amines is 1. The Kier molecular flexibility index (Phi) is 24.5. The number of rotatable bonds is 18. The van der Waals surface area contributed by atoms with E-state index in [1.165, 1.54) is 6.92 Å². The Hall–Kier alpha value is -7.39. The first-order valence-electron chi connectivity index (χ1n) is 24.7. The van der Waals surface area contributed by atoms with E-state index in [4.69, 9.17) is 28.0 Å². The van der Waals surface area contributed by atoms with Crippen molar-refractivity contribution in [1.82, 2.24) is 58.2 Å². The second kappa shape index (κ2) is 30.6. The molecule has 26 nitrogen and oxygen atoms in total. The number of aliphatic hydroxyl groups excluding tert-OH is 2. The average Bonchev–Trinajstić information content (AvgIpc) is 3.76. The number of para-hydroxylation sites is 1. The molecule has 1 aromatic heterocycles. The highest BCUT2D eigenvalue weighted by molar-refractivity contribution is 5.95. The highest BCUT2D eigenvalue weighted by Crippen LogP contribution is 2.20. The molecular weight excluding hydrogens is 961 g/mol. The Bertz CT molecular complexity index is 2360. The number of amides is 6. The summed E-state index contributed by atoms with van der Waals surface area (Å²) < 4.78 is 0. The van der Waals surface area contributed by atoms with Gasteiger partial charge < -0.3 is 80.0 Å². The largest absolute Gasteiger partial charge is 0.480 e. The van der Waals surface area contributed by atoms with Gasteiger partial charge in [0.15, 0.2) is 11.9 Å². The minimum absolute atomic E-state index is 0.00484. The van der Waals surface area contributed by atoms with Crippen molar-refractivity contribution in [2.24, 2.45) is 17.2 Å². The van der Waals surface area contributed by atoms with Crippen LogP contribution in [0.5, 0.6) is 0 Å². The zero-order chi connectivity index (χ0) is 54.2. The van der Waals surface area contributed by atoms with Gasteiger partial charge in [-0.05, 0) is 81.5 Å². The van der Waals surface area contributed by atoms with E-state index in [1.807, 2.05) is 18.2 Å². The summed E-state index contributed by atoms with van der Waals surface area (Å²) >= 11 is 0. The van der Waals surface area contributed by atoms with E-state index >= 15 is 0 Å². The van der Waals surface area contributed by atoms with Gasteiger partial charge in [-0.3, -0.25) is 50.2 Å². The smallest absolute Gasteiger partial charge is 0.326 e. The second-order valence-corrected chi connectivity index (χ2v) is 18.1. The van der Waals surface area contributed by atoms with Gasteiger partial charge in [-0.2, -0.15) is 0 Å². The Morgan fingerprint density at radius 3 is 2.11 bits per heavy atom. The predicted molar refractivity (Wildman–Crippen MR) is 274 cm³/mol. The quantitative estimate of drug-likeness (QED) is 0.0335. The molecule has 2 heterocycles. The number of carbonyl (C=O) groups excluding carboxylic acids is 6. The number of aromatic nitrogens is 1. The van der Waals surface area contributed by atoms with Crippen molar-refractivity contribution in [3.63, 3.8) is 0 Å². The summed E-state index contributed by atoms with van der Waals surface area (Å²) in [5.41, 5.74) is 18.9. The molecule has 1 saturated heterocycles. The number of guanidine groups is 2. The zero-order valence-electron chi connectivity index (χ0n) is 41.5. The van der Waals surface area contributed by atoms with Crippen LogP contribution in [-0.4, -0.2) is 155 Å². The number of hydrogen-bond donors (Lipinski definition) is 19. The molecule has 2 aromatic carbocycles. The fourth-order valence-corrected chi connectivity index (χ4v) is 8.39. The molecule has 9 atom stereocenters. The summed E-state index contributed by atoms with van der Waals surface area (Å²) in [5, 5.41) is 76.9. The predicted octanol–water partition coefficient (Wildman–Crippen LogP) is -3.40. The molecule has 1 aliphatic heterocycles. The van der Waals surface area contributed by atoms with Crippen LogP contribution in [0.2, 0.25) is 0 Å². The summed E-state index contributed by atoms with van der Waals surface area (Å²) in [6, 6.07) is 7.06. The van der Waals surface area contributed by atoms with Crippen molar-refractivity contribution >= 4 is 64.2 Å². The fourth-order valence-electron chi connectivity index (χ4n) is 8.39. The lowest BCUT2D eigenvalue weighted by Gasteiger charge is -2.34. The topological polar surface area (TPSA) is 442 Å². The molecule has 0 bridgehead atoms. The van der Waals surface area contributed by atoms with Gasteiger partial charge in [-0.25, -0.2) is 4.79 Å². The SMILES string of the molecule is CC(=O)N[C@H](CCCNC(=N)N)C(=O)N[C@H]1CCC(=O)NCCC[C@@H](C(=O)O)NC(=O)[C@H](Cc2c[nH]c3ccccc23)NC(=O)[C@H](CCCNC(=N)N)NC(=O)[C@@H](Cc2ccccc2)NC(O)[C@H](CCN)NC1O. The Labute approximate surface area is 428 Å². The molecule has 0 saturated carbocycles. The molecule has 74 heavy (non-hydrogen) atoms. The number of nitrogens with two attached hydrogens (primary N) is 3. The molecule has 406 valence electrons. The van der Waals surface area contributed by atoms with Crippen LogP contribution in [0.1, 0.15) is 75.8 Å². The first-order valence-corrected chi connectivity index (χ1v) is 24.7. The van der Waals surface area contributed by atoms with E-state index in [9.17, 15) is 48.9 Å². The summed E-state index contributed by atoms with van der Waals surface area (Å²) in [4.78, 5) is 98.4. The van der Waals surface area contributed by atoms with Gasteiger partial charge in [0.2, 0.25) is 35.4 Å². The molecular formula is C48H74N16O10. The van der Waals surface area contributed by atoms with Gasteiger partial charge in [0.25, 0.3) is 0 Å². The van der Waals surface area contributed by atoms with E-state index in [1.54, 1.807) is 42.6 Å². The van der Waals surface area contributed by atoms with Crippen LogP contribution in [0.15, 0.2) is 60.8 Å². The Morgan fingerprint density at radius 1 is 0.784 bits per heavy atom. The van der Waals surface area contributed by atoms with E-state index in [2.05, 4.69) is 58.2 Å². The third-order valence-electron chi connectivity index (χ3n) is 12.2. The maximum absolute atomic E-state index is 14.6. The second-order valence-electron chi connectivity index (χ2n) is 18.1. The number of carbonyl (C=O) groups is 7. The summed E-state index contributed by atoms with van der Waals surface area (Å²) in [7, 11) is 0. The Balaban J connectivity index is 1.74. The molecule has 4 rings (SSSR count). The van der Waals surface area contributed by atoms with E-state index < -0.39 is 96.2 Å². The fraction of sp³-hybridized carbons (Fsp3) is 0.521. The lowest BCUT2D eigenvalue weighted by Crippen LogP contribution is -2.62. The number of benzene rings is 2. The summed E-state index contributed by atoms with van der Waals surface area (Å²) in [5.74, 6) is -6.19. The molecule has 0 radical (unpaired) electrons. The number of H-pyrrole nitrogens is 1. The number of carboxylic acid groups (broad SMARTS) is 1. The third kappa shape index (κ3) is 20.3. The maximum atomic E-state index is 14.6. The summed E-state index contributed by atoms with van der Waals surface area (Å²) in [6.45, 7) is 1.48. The van der Waals surface area contributed by atoms with E-state index in [0.717, 1.165) is 10.9 Å². The third-order valence-corrected chi connectivity index (χ3v) is 12.2. The number of hydrogen-bond acceptors (Lipinski definition) is 14. The van der Waals surface area contributed by atoms with Crippen LogP contribution in [0.25, 0.3) is 10.9 Å². The van der Waals surface area contributed by atoms with Gasteiger partial charge in [-0.1, -0.05) is 48.5 Å². The first-order chi connectivity index (χ1) is 35.3. The van der Waals surface area contributed by atoms with Gasteiger partial charge in [-0.15, -0.1) is 0 Å². The van der Waals surface area contributed by atoms with E-state index in [0.29, 0.717) is 17.5 Å². The number of aliphatic carboxylic acids is 1. The molecule has 2 unspecified atom stereocenters. The maximum Gasteiger partial charge on any atom is 0.326 e. The van der Waals surface area contributed by atoms with Crippen LogP contribution < -0.4 is 70.4 Å². The molecule has 3 aromatic rings. The van der Waals surface area contributed by atoms with Gasteiger partial charge in [0, 0.05) is 62.5 Å². The lowest BCUT2D eigenvalue weighted by molar-refractivity contribution is -0.142. The molecule has 22 N–H and O–H groups in total. The summed E-state index contributed by atoms with van der Waals surface area (Å²) in [6.07, 6.45) is -1.83. The molecule has 0 spiro atoms. The lowest BCUT2D eigenvalue weighted by atomic mass is 10.0. The molecule has 0 aliphatic carbocycles. The normalized spacial score (nSPS) is 23.4. The van der Waals surface area contributed by atoms with Crippen molar-refractivity contribution in [1.29, 1.82) is 10.8 Å². The first kappa shape index (κ1) is 59.2. The van der Waals surface area contributed by atoms with Crippen LogP contribution in [0.4, 0.5) is 0 Å². The van der Waals surface area contributed by atoms with Crippen molar-refractivity contribution in [2.75, 3.05) is 26.2 Å². The molecule has 26 heteroatoms. The number of carboxylic acids is 1. The number of nitrogens with one attached hydrogen (secondary N) is 13. The van der Waals surface area contributed by atoms with Gasteiger partial charge >= 0.3 is 5.97 Å². The van der Waals surface area contributed by atoms with Crippen LogP contribution >= 0.6 is 0 Å². The standard InChI is InChI=1S/C48H74N16O10/c1-27(65)58-32(14-7-22-55-47(50)51)40(67)60-34-17-18-39(66)54-21-9-16-36(46(73)74)62-45(72)38(25-29-26-57-31-13-6-5-12-30(29)31)64-41(68)33(15-8-23-56-48(52)53)59-44(71)37(24-28-10-3-2-4-11-28)63-43(70)35(19-20-49)61-42(34)69/h2-6,10-13,26,32-38,42-43,57,61,63,69-70H,7-9,14-25,49H2,1H3,(H,54,66)(H,58,65)(H,59,71)(H,60,67)(H,62,72)(H,64,68)(H,73,74)(H4,50,51,55)(H4,52,53,56)/t32-,33+,34+,35+,36+,37-,38+,42?,43?/m1/s1. The highest BCUT2D eigenvalue weighted by Gasteiger charge is 2.35. The van der Waals surface area contributed by atoms with Crippen molar-refractivity contribution < 1.29 is 48.9 Å². The zero-order valence-corrected chi connectivity index (χ0v) is 41.5. The average molecular weight is 1040 g/mol. The molecule has 1 fully saturated rings. The Morgan fingerprint density at radius 2 is 1.43 bits per heavy atom. The highest BCUT2D eigenvalue weighted by atomic mass is 16.4. The molecule has 1 aliphatic rings. The van der Waals surface area contributed by atoms with Crippen molar-refractivity contribution in [3.05, 3.63) is 71.9 Å².